The molecule has 0 spiro atoms. The Balaban J connectivity index is 2.01. The van der Waals surface area contributed by atoms with Crippen LogP contribution in [0.15, 0.2) is 67.3 Å². The van der Waals surface area contributed by atoms with Crippen LogP contribution in [0.4, 0.5) is 5.88 Å². The molecule has 0 atom stereocenters. The molecule has 0 unspecified atom stereocenters. The van der Waals surface area contributed by atoms with Gasteiger partial charge in [-0.25, -0.2) is 8.42 Å². The number of nitrogens with zero attached hydrogens (tertiary/aromatic N) is 2. The summed E-state index contributed by atoms with van der Waals surface area (Å²) >= 11 is 3.33. The Morgan fingerprint density at radius 2 is 1.79 bits per heavy atom. The number of nitrogens with one attached hydrogen (secondary N) is 1. The maximum Gasteiger partial charge on any atom is 0.233 e. The number of benzene rings is 2. The average Bonchev–Trinajstić information content (AvgIpc) is 3.10. The van der Waals surface area contributed by atoms with E-state index in [1.54, 1.807) is 24.3 Å². The van der Waals surface area contributed by atoms with E-state index in [1.165, 1.54) is 0 Å². The maximum atomic E-state index is 13.3. The van der Waals surface area contributed by atoms with Gasteiger partial charge < -0.3 is 14.6 Å². The minimum Gasteiger partial charge on any atom is -0.419 e. The molecule has 0 amide bonds. The van der Waals surface area contributed by atoms with Crippen LogP contribution in [0.5, 0.6) is 0 Å². The standard InChI is InChI=1S/C21H24BrN3O3S/c1-15-7-4-5-8-18(15)19-24-21(20(28-19)23-13-6-14-25(2)3)29(26,27)17-11-9-16(22)10-12-17/h4-5,7-12,23H,6,13-14H2,1-3H3. The zero-order valence-electron chi connectivity index (χ0n) is 16.6. The lowest BCUT2D eigenvalue weighted by Crippen LogP contribution is -2.17. The molecule has 154 valence electrons. The summed E-state index contributed by atoms with van der Waals surface area (Å²) in [6.07, 6.45) is 0.838. The molecular weight excluding hydrogens is 454 g/mol. The molecule has 0 aliphatic heterocycles. The Kier molecular flexibility index (Phi) is 6.77. The van der Waals surface area contributed by atoms with Crippen LogP contribution in [0, 0.1) is 6.92 Å². The van der Waals surface area contributed by atoms with Gasteiger partial charge in [-0.1, -0.05) is 34.1 Å². The number of aryl methyl sites for hydroxylation is 1. The van der Waals surface area contributed by atoms with Crippen molar-refractivity contribution in [3.05, 3.63) is 58.6 Å². The van der Waals surface area contributed by atoms with E-state index >= 15 is 0 Å². The fraction of sp³-hybridized carbons (Fsp3) is 0.286. The van der Waals surface area contributed by atoms with Crippen molar-refractivity contribution in [1.82, 2.24) is 9.88 Å². The van der Waals surface area contributed by atoms with E-state index in [4.69, 9.17) is 4.42 Å². The first-order valence-electron chi connectivity index (χ1n) is 9.25. The second-order valence-electron chi connectivity index (χ2n) is 7.01. The quantitative estimate of drug-likeness (QED) is 0.477. The highest BCUT2D eigenvalue weighted by Gasteiger charge is 2.28. The van der Waals surface area contributed by atoms with Gasteiger partial charge in [0.05, 0.1) is 4.90 Å². The number of anilines is 1. The van der Waals surface area contributed by atoms with Gasteiger partial charge >= 0.3 is 0 Å². The molecule has 0 fully saturated rings. The normalized spacial score (nSPS) is 11.8. The van der Waals surface area contributed by atoms with E-state index in [-0.39, 0.29) is 21.7 Å². The lowest BCUT2D eigenvalue weighted by molar-refractivity contribution is 0.404. The van der Waals surface area contributed by atoms with E-state index in [1.807, 2.05) is 45.3 Å². The van der Waals surface area contributed by atoms with Gasteiger partial charge in [-0.2, -0.15) is 4.98 Å². The summed E-state index contributed by atoms with van der Waals surface area (Å²) in [5, 5.41) is 3.03. The smallest absolute Gasteiger partial charge is 0.233 e. The van der Waals surface area contributed by atoms with Gasteiger partial charge in [0, 0.05) is 16.6 Å². The molecule has 1 aromatic heterocycles. The summed E-state index contributed by atoms with van der Waals surface area (Å²) in [4.78, 5) is 6.62. The summed E-state index contributed by atoms with van der Waals surface area (Å²) in [6, 6.07) is 14.1. The predicted octanol–water partition coefficient (Wildman–Crippen LogP) is 4.61. The Morgan fingerprint density at radius 3 is 2.45 bits per heavy atom. The van der Waals surface area contributed by atoms with Crippen molar-refractivity contribution in [2.24, 2.45) is 0 Å². The molecule has 0 aliphatic carbocycles. The molecule has 3 aromatic rings. The molecule has 29 heavy (non-hydrogen) atoms. The molecule has 6 nitrogen and oxygen atoms in total. The van der Waals surface area contributed by atoms with E-state index in [0.717, 1.165) is 28.6 Å². The molecule has 3 rings (SSSR count). The van der Waals surface area contributed by atoms with Crippen molar-refractivity contribution >= 4 is 31.7 Å². The Labute approximate surface area is 180 Å². The first-order chi connectivity index (χ1) is 13.8. The lowest BCUT2D eigenvalue weighted by atomic mass is 10.1. The molecule has 2 aromatic carbocycles. The predicted molar refractivity (Wildman–Crippen MR) is 118 cm³/mol. The van der Waals surface area contributed by atoms with Crippen LogP contribution in [0.2, 0.25) is 0 Å². The molecule has 0 aliphatic rings. The zero-order valence-corrected chi connectivity index (χ0v) is 19.0. The molecule has 1 N–H and O–H groups in total. The van der Waals surface area contributed by atoms with Gasteiger partial charge in [-0.05, 0) is 69.9 Å². The van der Waals surface area contributed by atoms with E-state index < -0.39 is 9.84 Å². The second kappa shape index (κ2) is 9.11. The largest absolute Gasteiger partial charge is 0.419 e. The minimum absolute atomic E-state index is 0.0945. The van der Waals surface area contributed by atoms with Gasteiger partial charge in [0.25, 0.3) is 0 Å². The van der Waals surface area contributed by atoms with E-state index in [0.29, 0.717) is 6.54 Å². The van der Waals surface area contributed by atoms with Crippen molar-refractivity contribution in [3.8, 4) is 11.5 Å². The van der Waals surface area contributed by atoms with Crippen LogP contribution < -0.4 is 5.32 Å². The second-order valence-corrected chi connectivity index (χ2v) is 9.79. The Bertz CT molecular complexity index is 1080. The fourth-order valence-corrected chi connectivity index (χ4v) is 4.39. The highest BCUT2D eigenvalue weighted by molar-refractivity contribution is 9.10. The molecular formula is C21H24BrN3O3S. The van der Waals surface area contributed by atoms with Crippen molar-refractivity contribution in [3.63, 3.8) is 0 Å². The third-order valence-corrected chi connectivity index (χ3v) is 6.62. The number of hydrogen-bond acceptors (Lipinski definition) is 6. The number of halogens is 1. The van der Waals surface area contributed by atoms with Crippen molar-refractivity contribution in [1.29, 1.82) is 0 Å². The zero-order chi connectivity index (χ0) is 21.0. The van der Waals surface area contributed by atoms with Crippen LogP contribution in [-0.2, 0) is 9.84 Å². The van der Waals surface area contributed by atoms with Gasteiger partial charge in [-0.15, -0.1) is 0 Å². The van der Waals surface area contributed by atoms with Crippen LogP contribution in [0.3, 0.4) is 0 Å². The summed E-state index contributed by atoms with van der Waals surface area (Å²) < 4.78 is 33.2. The molecule has 0 radical (unpaired) electrons. The summed E-state index contributed by atoms with van der Waals surface area (Å²) in [7, 11) is 0.150. The number of rotatable bonds is 8. The summed E-state index contributed by atoms with van der Waals surface area (Å²) in [5.74, 6) is 0.457. The van der Waals surface area contributed by atoms with E-state index in [2.05, 4.69) is 31.1 Å². The van der Waals surface area contributed by atoms with Crippen LogP contribution in [-0.4, -0.2) is 45.5 Å². The number of aromatic nitrogens is 1. The SMILES string of the molecule is Cc1ccccc1-c1nc(S(=O)(=O)c2ccc(Br)cc2)c(NCCCN(C)C)o1. The molecule has 1 heterocycles. The fourth-order valence-electron chi connectivity index (χ4n) is 2.85. The van der Waals surface area contributed by atoms with Gasteiger partial charge in [-0.3, -0.25) is 0 Å². The van der Waals surface area contributed by atoms with Gasteiger partial charge in [0.2, 0.25) is 26.6 Å². The third kappa shape index (κ3) is 5.07. The maximum absolute atomic E-state index is 13.3. The Morgan fingerprint density at radius 1 is 1.10 bits per heavy atom. The summed E-state index contributed by atoms with van der Waals surface area (Å²) in [6.45, 7) is 3.39. The highest BCUT2D eigenvalue weighted by atomic mass is 79.9. The van der Waals surface area contributed by atoms with Gasteiger partial charge in [0.1, 0.15) is 0 Å². The van der Waals surface area contributed by atoms with E-state index in [9.17, 15) is 8.42 Å². The summed E-state index contributed by atoms with van der Waals surface area (Å²) in [5.41, 5.74) is 1.72. The molecule has 8 heteroatoms. The first-order valence-corrected chi connectivity index (χ1v) is 11.5. The third-order valence-electron chi connectivity index (χ3n) is 4.42. The Hall–Kier alpha value is -2.16. The monoisotopic (exact) mass is 477 g/mol. The van der Waals surface area contributed by atoms with Crippen LogP contribution >= 0.6 is 15.9 Å². The lowest BCUT2D eigenvalue weighted by Gasteiger charge is -2.10. The number of oxazole rings is 1. The highest BCUT2D eigenvalue weighted by Crippen LogP contribution is 2.33. The molecule has 0 saturated heterocycles. The van der Waals surface area contributed by atoms with Crippen LogP contribution in [0.25, 0.3) is 11.5 Å². The van der Waals surface area contributed by atoms with Crippen molar-refractivity contribution < 1.29 is 12.8 Å². The topological polar surface area (TPSA) is 75.4 Å². The van der Waals surface area contributed by atoms with Crippen LogP contribution in [0.1, 0.15) is 12.0 Å². The number of hydrogen-bond donors (Lipinski definition) is 1. The average molecular weight is 478 g/mol. The van der Waals surface area contributed by atoms with Crippen molar-refractivity contribution in [2.45, 2.75) is 23.3 Å². The molecule has 0 bridgehead atoms. The van der Waals surface area contributed by atoms with Crippen molar-refractivity contribution in [2.75, 3.05) is 32.5 Å². The first kappa shape index (κ1) is 21.5. The molecule has 0 saturated carbocycles. The van der Waals surface area contributed by atoms with Gasteiger partial charge in [0.15, 0.2) is 0 Å². The minimum atomic E-state index is -3.84. The number of sulfone groups is 1.